The molecule has 6 nitrogen and oxygen atoms in total. The number of carbonyl (C=O) groups is 1. The van der Waals surface area contributed by atoms with Gasteiger partial charge in [-0.05, 0) is 49.2 Å². The van der Waals surface area contributed by atoms with Gasteiger partial charge in [-0.1, -0.05) is 35.9 Å². The van der Waals surface area contributed by atoms with E-state index in [1.807, 2.05) is 4.90 Å². The lowest BCUT2D eigenvalue weighted by molar-refractivity contribution is -0.137. The number of hydrogen-bond acceptors (Lipinski definition) is 5. The molecule has 3 rings (SSSR count). The molecule has 1 aliphatic rings. The second-order valence-electron chi connectivity index (χ2n) is 8.16. The summed E-state index contributed by atoms with van der Waals surface area (Å²) in [6.07, 6.45) is -2.00. The van der Waals surface area contributed by atoms with Crippen molar-refractivity contribution in [3.05, 3.63) is 76.8 Å². The Kier molecular flexibility index (Phi) is 8.50. The zero-order valence-electron chi connectivity index (χ0n) is 18.9. The molecule has 14 heteroatoms. The van der Waals surface area contributed by atoms with Crippen LogP contribution in [0.25, 0.3) is 0 Å². The quantitative estimate of drug-likeness (QED) is 0.190. The van der Waals surface area contributed by atoms with Gasteiger partial charge in [-0.3, -0.25) is 9.69 Å². The third-order valence-electron chi connectivity index (χ3n) is 5.70. The van der Waals surface area contributed by atoms with E-state index >= 15 is 0 Å². The van der Waals surface area contributed by atoms with E-state index in [1.54, 1.807) is 6.08 Å². The Morgan fingerprint density at radius 3 is 2.49 bits per heavy atom. The lowest BCUT2D eigenvalue weighted by Gasteiger charge is -2.32. The van der Waals surface area contributed by atoms with Gasteiger partial charge in [-0.2, -0.15) is 34.8 Å². The Labute approximate surface area is 214 Å². The van der Waals surface area contributed by atoms with Crippen molar-refractivity contribution in [1.29, 1.82) is 0 Å². The zero-order valence-corrected chi connectivity index (χ0v) is 20.5. The number of nitrogens with zero attached hydrogens (tertiary/aromatic N) is 1. The molecular formula is C23H21ClF6N2O4S. The second kappa shape index (κ2) is 10.9. The first kappa shape index (κ1) is 28.8. The van der Waals surface area contributed by atoms with E-state index in [4.69, 9.17) is 11.6 Å². The largest absolute Gasteiger partial charge is 0.534 e. The molecular weight excluding hydrogens is 550 g/mol. The Balaban J connectivity index is 2.01. The maximum Gasteiger partial charge on any atom is 0.534 e. The van der Waals surface area contributed by atoms with Crippen LogP contribution in [-0.4, -0.2) is 43.9 Å². The van der Waals surface area contributed by atoms with E-state index < -0.39 is 61.7 Å². The molecule has 0 spiro atoms. The van der Waals surface area contributed by atoms with Gasteiger partial charge in [-0.25, -0.2) is 0 Å². The minimum absolute atomic E-state index is 0.173. The predicted octanol–water partition coefficient (Wildman–Crippen LogP) is 5.71. The molecule has 1 fully saturated rings. The normalized spacial score (nSPS) is 17.9. The van der Waals surface area contributed by atoms with Crippen molar-refractivity contribution in [3.63, 3.8) is 0 Å². The van der Waals surface area contributed by atoms with Gasteiger partial charge in [0, 0.05) is 12.6 Å². The average Bonchev–Trinajstić information content (AvgIpc) is 3.24. The molecule has 2 aromatic carbocycles. The summed E-state index contributed by atoms with van der Waals surface area (Å²) in [5, 5.41) is 1.81. The first-order valence-corrected chi connectivity index (χ1v) is 12.6. The van der Waals surface area contributed by atoms with Gasteiger partial charge in [-0.15, -0.1) is 6.58 Å². The lowest BCUT2D eigenvalue weighted by atomic mass is 9.96. The smallest absolute Gasteiger partial charge is 0.376 e. The highest BCUT2D eigenvalue weighted by molar-refractivity contribution is 7.88. The average molecular weight is 571 g/mol. The van der Waals surface area contributed by atoms with Crippen LogP contribution in [0.1, 0.15) is 40.4 Å². The number of halogens is 7. The summed E-state index contributed by atoms with van der Waals surface area (Å²) in [6.45, 7) is 4.65. The molecule has 202 valence electrons. The van der Waals surface area contributed by atoms with Crippen molar-refractivity contribution in [2.75, 3.05) is 13.1 Å². The molecule has 1 heterocycles. The van der Waals surface area contributed by atoms with Crippen LogP contribution in [0.5, 0.6) is 5.75 Å². The number of alkyl halides is 6. The summed E-state index contributed by atoms with van der Waals surface area (Å²) in [4.78, 5) is 15.0. The van der Waals surface area contributed by atoms with Crippen LogP contribution >= 0.6 is 11.6 Å². The monoisotopic (exact) mass is 570 g/mol. The summed E-state index contributed by atoms with van der Waals surface area (Å²) in [5.41, 5.74) is -7.15. The molecule has 2 atom stereocenters. The highest BCUT2D eigenvalue weighted by Crippen LogP contribution is 2.37. The van der Waals surface area contributed by atoms with Crippen molar-refractivity contribution in [1.82, 2.24) is 10.2 Å². The number of nitrogens with one attached hydrogen (secondary N) is 1. The Hall–Kier alpha value is -2.77. The SMILES string of the molecule is C=CCN1CCC[C@H]1C(NC(=O)c1cccc(C(F)(F)F)c1Cl)c1cccc(OS(=O)(=O)C(F)(F)F)c1. The molecule has 0 saturated carbocycles. The van der Waals surface area contributed by atoms with Gasteiger partial charge >= 0.3 is 21.8 Å². The standard InChI is InChI=1S/C23H21ClF6N2O4S/c1-2-11-32-12-5-10-18(32)20(14-6-3-7-15(13-14)36-37(34,35)23(28,29)30)31-21(33)16-8-4-9-17(19(16)24)22(25,26)27/h2-4,6-9,13,18,20H,1,5,10-12H2,(H,31,33)/t18-,20?/m0/s1. The van der Waals surface area contributed by atoms with E-state index in [-0.39, 0.29) is 5.56 Å². The van der Waals surface area contributed by atoms with E-state index in [0.29, 0.717) is 25.9 Å². The fourth-order valence-electron chi connectivity index (χ4n) is 4.10. The Morgan fingerprint density at radius 1 is 1.19 bits per heavy atom. The molecule has 0 bridgehead atoms. The summed E-state index contributed by atoms with van der Waals surface area (Å²) >= 11 is 5.90. The van der Waals surface area contributed by atoms with Crippen LogP contribution in [0.15, 0.2) is 55.1 Å². The topological polar surface area (TPSA) is 75.7 Å². The maximum atomic E-state index is 13.3. The van der Waals surface area contributed by atoms with Gasteiger partial charge < -0.3 is 9.50 Å². The summed E-state index contributed by atoms with van der Waals surface area (Å²) in [7, 11) is -5.96. The molecule has 37 heavy (non-hydrogen) atoms. The van der Waals surface area contributed by atoms with Crippen molar-refractivity contribution < 1.29 is 43.7 Å². The maximum absolute atomic E-state index is 13.3. The first-order chi connectivity index (χ1) is 17.2. The van der Waals surface area contributed by atoms with Crippen molar-refractivity contribution in [2.24, 2.45) is 0 Å². The second-order valence-corrected chi connectivity index (χ2v) is 10.1. The van der Waals surface area contributed by atoms with Crippen LogP contribution in [0.2, 0.25) is 5.02 Å². The number of amides is 1. The third kappa shape index (κ3) is 6.57. The van der Waals surface area contributed by atoms with E-state index in [0.717, 1.165) is 30.3 Å². The minimum Gasteiger partial charge on any atom is -0.376 e. The van der Waals surface area contributed by atoms with Gasteiger partial charge in [0.15, 0.2) is 0 Å². The molecule has 1 unspecified atom stereocenters. The zero-order chi connectivity index (χ0) is 27.6. The van der Waals surface area contributed by atoms with Crippen molar-refractivity contribution >= 4 is 27.6 Å². The van der Waals surface area contributed by atoms with Gasteiger partial charge in [0.1, 0.15) is 5.75 Å². The van der Waals surface area contributed by atoms with Crippen LogP contribution in [-0.2, 0) is 16.3 Å². The fourth-order valence-corrected chi connectivity index (χ4v) is 4.87. The highest BCUT2D eigenvalue weighted by Gasteiger charge is 2.48. The predicted molar refractivity (Wildman–Crippen MR) is 123 cm³/mol. The molecule has 1 aliphatic heterocycles. The van der Waals surface area contributed by atoms with Gasteiger partial charge in [0.2, 0.25) is 0 Å². The summed E-state index contributed by atoms with van der Waals surface area (Å²) in [6, 6.07) is 6.11. The number of benzene rings is 2. The van der Waals surface area contributed by atoms with Crippen molar-refractivity contribution in [3.8, 4) is 5.75 Å². The molecule has 0 aromatic heterocycles. The molecule has 1 amide bonds. The van der Waals surface area contributed by atoms with Crippen LogP contribution in [0, 0.1) is 0 Å². The Bertz CT molecular complexity index is 1270. The fraction of sp³-hybridized carbons (Fsp3) is 0.348. The molecule has 0 aliphatic carbocycles. The van der Waals surface area contributed by atoms with E-state index in [1.165, 1.54) is 12.1 Å². The third-order valence-corrected chi connectivity index (χ3v) is 7.09. The van der Waals surface area contributed by atoms with Gasteiger partial charge in [0.25, 0.3) is 5.91 Å². The number of hydrogen-bond donors (Lipinski definition) is 1. The molecule has 0 radical (unpaired) electrons. The lowest BCUT2D eigenvalue weighted by Crippen LogP contribution is -2.43. The Morgan fingerprint density at radius 2 is 1.86 bits per heavy atom. The molecule has 1 saturated heterocycles. The first-order valence-electron chi connectivity index (χ1n) is 10.8. The molecule has 2 aromatic rings. The van der Waals surface area contributed by atoms with E-state index in [2.05, 4.69) is 16.1 Å². The van der Waals surface area contributed by atoms with Crippen LogP contribution < -0.4 is 9.50 Å². The number of rotatable bonds is 8. The van der Waals surface area contributed by atoms with Crippen molar-refractivity contribution in [2.45, 2.75) is 36.6 Å². The number of carbonyl (C=O) groups excluding carboxylic acids is 1. The van der Waals surface area contributed by atoms with Crippen LogP contribution in [0.4, 0.5) is 26.3 Å². The number of likely N-dealkylation sites (tertiary alicyclic amines) is 1. The summed E-state index contributed by atoms with van der Waals surface area (Å²) in [5.74, 6) is -1.61. The van der Waals surface area contributed by atoms with Crippen LogP contribution in [0.3, 0.4) is 0 Å². The van der Waals surface area contributed by atoms with E-state index in [9.17, 15) is 39.6 Å². The molecule has 1 N–H and O–H groups in total. The van der Waals surface area contributed by atoms with Gasteiger partial charge in [0.05, 0.1) is 22.2 Å². The highest BCUT2D eigenvalue weighted by atomic mass is 35.5. The minimum atomic E-state index is -5.96. The summed E-state index contributed by atoms with van der Waals surface area (Å²) < 4.78 is 105.